The molecule has 1 fully saturated rings. The summed E-state index contributed by atoms with van der Waals surface area (Å²) in [5.41, 5.74) is 2.35. The van der Waals surface area contributed by atoms with E-state index in [0.29, 0.717) is 0 Å². The molecule has 0 spiro atoms. The van der Waals surface area contributed by atoms with Gasteiger partial charge in [-0.05, 0) is 44.1 Å². The first-order valence-electron chi connectivity index (χ1n) is 9.22. The van der Waals surface area contributed by atoms with Gasteiger partial charge in [0.05, 0.1) is 5.71 Å². The first kappa shape index (κ1) is 19.8. The summed E-state index contributed by atoms with van der Waals surface area (Å²) in [5, 5.41) is 18.0. The Kier molecular flexibility index (Phi) is 6.25. The standard InChI is InChI=1S/C19H23N5O3S/c1-12(22-23-18(28)20-13-8-4-2-5-9-13)15-16(25)21-19(27)24(17(15)26)14-10-6-3-7-11-14/h2,4-5,8-9,14,26H,3,6-7,10-11H2,1H3,(H2,20,23,28)(H,21,25,27)/b22-12+. The molecule has 1 aliphatic rings. The zero-order valence-corrected chi connectivity index (χ0v) is 16.4. The van der Waals surface area contributed by atoms with Gasteiger partial charge in [0.15, 0.2) is 5.11 Å². The zero-order valence-electron chi connectivity index (χ0n) is 15.6. The summed E-state index contributed by atoms with van der Waals surface area (Å²) in [4.78, 5) is 26.8. The monoisotopic (exact) mass is 401 g/mol. The van der Waals surface area contributed by atoms with Crippen molar-refractivity contribution in [2.75, 3.05) is 5.32 Å². The van der Waals surface area contributed by atoms with Gasteiger partial charge in [-0.2, -0.15) is 5.10 Å². The molecule has 0 bridgehead atoms. The molecule has 2 aromatic rings. The van der Waals surface area contributed by atoms with E-state index in [1.54, 1.807) is 6.92 Å². The van der Waals surface area contributed by atoms with Crippen LogP contribution in [0.5, 0.6) is 5.88 Å². The van der Waals surface area contributed by atoms with Gasteiger partial charge in [-0.3, -0.25) is 19.8 Å². The highest BCUT2D eigenvalue weighted by Gasteiger charge is 2.24. The van der Waals surface area contributed by atoms with Crippen LogP contribution in [0, 0.1) is 0 Å². The Balaban J connectivity index is 1.83. The van der Waals surface area contributed by atoms with Crippen molar-refractivity contribution < 1.29 is 5.11 Å². The maximum absolute atomic E-state index is 12.3. The Bertz CT molecular complexity index is 991. The molecular formula is C19H23N5O3S. The van der Waals surface area contributed by atoms with Crippen molar-refractivity contribution in [3.05, 3.63) is 56.7 Å². The lowest BCUT2D eigenvalue weighted by molar-refractivity contribution is 0.298. The molecule has 1 heterocycles. The Morgan fingerprint density at radius 3 is 2.57 bits per heavy atom. The molecule has 1 aromatic heterocycles. The summed E-state index contributed by atoms with van der Waals surface area (Å²) in [6.07, 6.45) is 4.66. The van der Waals surface area contributed by atoms with Gasteiger partial charge in [0.25, 0.3) is 5.56 Å². The lowest BCUT2D eigenvalue weighted by atomic mass is 9.95. The highest BCUT2D eigenvalue weighted by molar-refractivity contribution is 7.80. The molecule has 0 radical (unpaired) electrons. The molecule has 0 unspecified atom stereocenters. The van der Waals surface area contributed by atoms with Crippen molar-refractivity contribution in [1.29, 1.82) is 0 Å². The number of anilines is 1. The fourth-order valence-corrected chi connectivity index (χ4v) is 3.58. The number of thiocarbonyl (C=S) groups is 1. The summed E-state index contributed by atoms with van der Waals surface area (Å²) in [5.74, 6) is -0.356. The van der Waals surface area contributed by atoms with Crippen molar-refractivity contribution >= 4 is 28.7 Å². The van der Waals surface area contributed by atoms with Crippen LogP contribution < -0.4 is 22.0 Å². The van der Waals surface area contributed by atoms with E-state index in [4.69, 9.17) is 12.2 Å². The number of aromatic hydroxyl groups is 1. The fourth-order valence-electron chi connectivity index (χ4n) is 3.41. The van der Waals surface area contributed by atoms with E-state index in [2.05, 4.69) is 20.8 Å². The maximum atomic E-state index is 12.3. The average molecular weight is 401 g/mol. The van der Waals surface area contributed by atoms with Crippen LogP contribution in [0.1, 0.15) is 50.6 Å². The Morgan fingerprint density at radius 2 is 1.89 bits per heavy atom. The lowest BCUT2D eigenvalue weighted by Gasteiger charge is -2.25. The molecular weight excluding hydrogens is 378 g/mol. The predicted molar refractivity (Wildman–Crippen MR) is 113 cm³/mol. The second-order valence-electron chi connectivity index (χ2n) is 6.75. The number of aromatic nitrogens is 2. The highest BCUT2D eigenvalue weighted by atomic mass is 32.1. The number of hydrogen-bond donors (Lipinski definition) is 4. The quantitative estimate of drug-likeness (QED) is 0.356. The minimum Gasteiger partial charge on any atom is -0.494 e. The first-order chi connectivity index (χ1) is 13.5. The molecule has 0 saturated heterocycles. The molecule has 0 atom stereocenters. The topological polar surface area (TPSA) is 112 Å². The molecule has 8 nitrogen and oxygen atoms in total. The molecule has 1 aromatic carbocycles. The van der Waals surface area contributed by atoms with Gasteiger partial charge in [0, 0.05) is 11.7 Å². The largest absolute Gasteiger partial charge is 0.494 e. The zero-order chi connectivity index (χ0) is 20.1. The predicted octanol–water partition coefficient (Wildman–Crippen LogP) is 2.46. The van der Waals surface area contributed by atoms with Crippen molar-refractivity contribution in [2.45, 2.75) is 45.1 Å². The number of aromatic amines is 1. The van der Waals surface area contributed by atoms with Crippen LogP contribution in [-0.2, 0) is 0 Å². The minimum atomic E-state index is -0.681. The van der Waals surface area contributed by atoms with Gasteiger partial charge in [0.2, 0.25) is 5.88 Å². The SMILES string of the molecule is C/C(=N\NC(=S)Nc1ccccc1)c1c(O)n(C2CCCCC2)c(=O)[nH]c1=O. The van der Waals surface area contributed by atoms with Crippen LogP contribution in [0.4, 0.5) is 5.69 Å². The number of nitrogens with one attached hydrogen (secondary N) is 3. The third kappa shape index (κ3) is 4.48. The van der Waals surface area contributed by atoms with E-state index in [-0.39, 0.29) is 28.3 Å². The number of nitrogens with zero attached hydrogens (tertiary/aromatic N) is 2. The first-order valence-corrected chi connectivity index (χ1v) is 9.62. The number of para-hydroxylation sites is 1. The summed E-state index contributed by atoms with van der Waals surface area (Å²) in [6, 6.07) is 9.19. The second-order valence-corrected chi connectivity index (χ2v) is 7.16. The number of hydrogen-bond acceptors (Lipinski definition) is 5. The van der Waals surface area contributed by atoms with Crippen molar-refractivity contribution in [2.24, 2.45) is 5.10 Å². The molecule has 0 amide bonds. The van der Waals surface area contributed by atoms with Crippen LogP contribution in [0.3, 0.4) is 0 Å². The molecule has 3 rings (SSSR count). The van der Waals surface area contributed by atoms with E-state index in [1.165, 1.54) is 4.57 Å². The van der Waals surface area contributed by atoms with Crippen molar-refractivity contribution in [3.63, 3.8) is 0 Å². The van der Waals surface area contributed by atoms with Gasteiger partial charge in [-0.1, -0.05) is 37.5 Å². The van der Waals surface area contributed by atoms with E-state index in [0.717, 1.165) is 37.8 Å². The molecule has 9 heteroatoms. The van der Waals surface area contributed by atoms with Crippen LogP contribution in [-0.4, -0.2) is 25.5 Å². The summed E-state index contributed by atoms with van der Waals surface area (Å²) in [7, 11) is 0. The minimum absolute atomic E-state index is 0.0415. The number of hydrazone groups is 1. The van der Waals surface area contributed by atoms with E-state index in [9.17, 15) is 14.7 Å². The normalized spacial score (nSPS) is 15.2. The van der Waals surface area contributed by atoms with Crippen LogP contribution in [0.25, 0.3) is 0 Å². The maximum Gasteiger partial charge on any atom is 0.331 e. The highest BCUT2D eigenvalue weighted by Crippen LogP contribution is 2.30. The van der Waals surface area contributed by atoms with E-state index < -0.39 is 11.2 Å². The molecule has 148 valence electrons. The number of H-pyrrole nitrogens is 1. The van der Waals surface area contributed by atoms with Crippen molar-refractivity contribution in [3.8, 4) is 5.88 Å². The van der Waals surface area contributed by atoms with Gasteiger partial charge >= 0.3 is 5.69 Å². The third-order valence-corrected chi connectivity index (χ3v) is 4.97. The van der Waals surface area contributed by atoms with E-state index in [1.807, 2.05) is 30.3 Å². The van der Waals surface area contributed by atoms with Gasteiger partial charge in [-0.15, -0.1) is 0 Å². The molecule has 1 saturated carbocycles. The lowest BCUT2D eigenvalue weighted by Crippen LogP contribution is -2.36. The Hall–Kier alpha value is -2.94. The van der Waals surface area contributed by atoms with Crippen LogP contribution >= 0.6 is 12.2 Å². The fraction of sp³-hybridized carbons (Fsp3) is 0.368. The van der Waals surface area contributed by atoms with E-state index >= 15 is 0 Å². The summed E-state index contributed by atoms with van der Waals surface area (Å²) < 4.78 is 1.27. The molecule has 0 aliphatic heterocycles. The Morgan fingerprint density at radius 1 is 1.21 bits per heavy atom. The van der Waals surface area contributed by atoms with Gasteiger partial charge < -0.3 is 10.4 Å². The van der Waals surface area contributed by atoms with Crippen LogP contribution in [0.15, 0.2) is 45.0 Å². The molecule has 4 N–H and O–H groups in total. The summed E-state index contributed by atoms with van der Waals surface area (Å²) >= 11 is 5.19. The van der Waals surface area contributed by atoms with Crippen molar-refractivity contribution in [1.82, 2.24) is 15.0 Å². The van der Waals surface area contributed by atoms with Crippen LogP contribution in [0.2, 0.25) is 0 Å². The van der Waals surface area contributed by atoms with Gasteiger partial charge in [-0.25, -0.2) is 4.79 Å². The molecule has 28 heavy (non-hydrogen) atoms. The third-order valence-electron chi connectivity index (χ3n) is 4.78. The smallest absolute Gasteiger partial charge is 0.331 e. The Labute approximate surface area is 167 Å². The summed E-state index contributed by atoms with van der Waals surface area (Å²) in [6.45, 7) is 1.57. The number of benzene rings is 1. The molecule has 1 aliphatic carbocycles. The number of rotatable bonds is 4. The second kappa shape index (κ2) is 8.83. The average Bonchev–Trinajstić information content (AvgIpc) is 2.67. The van der Waals surface area contributed by atoms with Gasteiger partial charge in [0.1, 0.15) is 5.56 Å².